The van der Waals surface area contributed by atoms with Crippen LogP contribution in [0.15, 0.2) is 36.2 Å². The summed E-state index contributed by atoms with van der Waals surface area (Å²) in [6.45, 7) is 3.08. The number of piperidine rings is 3. The fourth-order valence-corrected chi connectivity index (χ4v) is 3.13. The number of carbonyl (C=O) groups excluding carboxylic acids is 1. The third-order valence-electron chi connectivity index (χ3n) is 4.28. The third kappa shape index (κ3) is 2.90. The van der Waals surface area contributed by atoms with Gasteiger partial charge in [0.2, 0.25) is 0 Å². The average Bonchev–Trinajstić information content (AvgIpc) is 2.49. The molecule has 3 saturated heterocycles. The van der Waals surface area contributed by atoms with Crippen LogP contribution < -0.4 is 5.32 Å². The molecule has 3 heterocycles. The van der Waals surface area contributed by atoms with Gasteiger partial charge >= 0.3 is 0 Å². The van der Waals surface area contributed by atoms with Gasteiger partial charge in [0, 0.05) is 12.6 Å². The predicted molar refractivity (Wildman–Crippen MR) is 76.6 cm³/mol. The smallest absolute Gasteiger partial charge is 0.280 e. The fraction of sp³-hybridized carbons (Fsp3) is 0.438. The summed E-state index contributed by atoms with van der Waals surface area (Å²) < 4.78 is 13.9. The number of hydrogen-bond acceptors (Lipinski definition) is 2. The minimum absolute atomic E-state index is 0.0972. The van der Waals surface area contributed by atoms with E-state index < -0.39 is 11.7 Å². The first kappa shape index (κ1) is 13.3. The van der Waals surface area contributed by atoms with Gasteiger partial charge in [0.25, 0.3) is 5.91 Å². The second-order valence-corrected chi connectivity index (χ2v) is 5.62. The molecule has 0 unspecified atom stereocenters. The standard InChI is InChI=1S/C16H19FN2O/c17-14(10-12-4-2-1-3-5-12)16(20)18-15-11-19-8-6-13(15)7-9-19/h1-5,10,13,15H,6-9,11H2,(H,18,20)/b14-10-/t15-/m1/s1. The Hall–Kier alpha value is -1.68. The van der Waals surface area contributed by atoms with E-state index in [0.29, 0.717) is 11.5 Å². The lowest BCUT2D eigenvalue weighted by atomic mass is 9.84. The summed E-state index contributed by atoms with van der Waals surface area (Å²) in [6, 6.07) is 9.17. The lowest BCUT2D eigenvalue weighted by Crippen LogP contribution is -2.57. The number of fused-ring (bicyclic) bond motifs is 3. The molecular weight excluding hydrogens is 255 g/mol. The van der Waals surface area contributed by atoms with Crippen molar-refractivity contribution in [1.82, 2.24) is 10.2 Å². The van der Waals surface area contributed by atoms with E-state index in [9.17, 15) is 9.18 Å². The number of amides is 1. The van der Waals surface area contributed by atoms with E-state index in [1.807, 2.05) is 18.2 Å². The Morgan fingerprint density at radius 2 is 1.95 bits per heavy atom. The zero-order valence-electron chi connectivity index (χ0n) is 11.4. The van der Waals surface area contributed by atoms with E-state index in [0.717, 1.165) is 32.5 Å². The largest absolute Gasteiger partial charge is 0.346 e. The number of carbonyl (C=O) groups is 1. The van der Waals surface area contributed by atoms with Crippen molar-refractivity contribution in [3.63, 3.8) is 0 Å². The Labute approximate surface area is 118 Å². The first-order chi connectivity index (χ1) is 9.72. The molecule has 0 saturated carbocycles. The molecule has 1 atom stereocenters. The van der Waals surface area contributed by atoms with Crippen molar-refractivity contribution in [2.45, 2.75) is 18.9 Å². The van der Waals surface area contributed by atoms with Gasteiger partial charge in [-0.3, -0.25) is 4.79 Å². The minimum atomic E-state index is -0.715. The van der Waals surface area contributed by atoms with Crippen LogP contribution in [0.2, 0.25) is 0 Å². The molecule has 4 rings (SSSR count). The van der Waals surface area contributed by atoms with Crippen LogP contribution in [-0.4, -0.2) is 36.5 Å². The molecule has 2 bridgehead atoms. The highest BCUT2D eigenvalue weighted by Crippen LogP contribution is 2.27. The SMILES string of the molecule is O=C(N[C@@H]1CN2CCC1CC2)/C(F)=C/c1ccccc1. The maximum absolute atomic E-state index is 13.9. The lowest BCUT2D eigenvalue weighted by Gasteiger charge is -2.44. The molecule has 1 N–H and O–H groups in total. The Bertz CT molecular complexity index is 506. The van der Waals surface area contributed by atoms with Crippen LogP contribution >= 0.6 is 0 Å². The molecular formula is C16H19FN2O. The predicted octanol–water partition coefficient (Wildman–Crippen LogP) is 2.21. The summed E-state index contributed by atoms with van der Waals surface area (Å²) in [5.74, 6) is -0.797. The minimum Gasteiger partial charge on any atom is -0.346 e. The Morgan fingerprint density at radius 1 is 1.25 bits per heavy atom. The average molecular weight is 274 g/mol. The summed E-state index contributed by atoms with van der Waals surface area (Å²) in [5, 5.41) is 2.85. The molecule has 1 aromatic carbocycles. The third-order valence-corrected chi connectivity index (χ3v) is 4.28. The van der Waals surface area contributed by atoms with Gasteiger partial charge in [0.05, 0.1) is 0 Å². The molecule has 106 valence electrons. The first-order valence-corrected chi connectivity index (χ1v) is 7.18. The van der Waals surface area contributed by atoms with Crippen molar-refractivity contribution >= 4 is 12.0 Å². The molecule has 3 nitrogen and oxygen atoms in total. The number of benzene rings is 1. The zero-order chi connectivity index (χ0) is 13.9. The van der Waals surface area contributed by atoms with Crippen LogP contribution in [0.4, 0.5) is 4.39 Å². The highest BCUT2D eigenvalue weighted by atomic mass is 19.1. The highest BCUT2D eigenvalue weighted by Gasteiger charge is 2.35. The van der Waals surface area contributed by atoms with Crippen LogP contribution in [0.25, 0.3) is 6.08 Å². The van der Waals surface area contributed by atoms with Crippen molar-refractivity contribution in [3.8, 4) is 0 Å². The van der Waals surface area contributed by atoms with Crippen LogP contribution in [0.3, 0.4) is 0 Å². The number of hydrogen-bond donors (Lipinski definition) is 1. The molecule has 0 radical (unpaired) electrons. The molecule has 1 amide bonds. The molecule has 3 aliphatic rings. The van der Waals surface area contributed by atoms with E-state index in [4.69, 9.17) is 0 Å². The number of halogens is 1. The van der Waals surface area contributed by atoms with Gasteiger partial charge in [0.1, 0.15) is 0 Å². The molecule has 20 heavy (non-hydrogen) atoms. The van der Waals surface area contributed by atoms with Crippen LogP contribution in [0.5, 0.6) is 0 Å². The van der Waals surface area contributed by atoms with Gasteiger partial charge in [0.15, 0.2) is 5.83 Å². The van der Waals surface area contributed by atoms with Gasteiger partial charge in [-0.05, 0) is 43.5 Å². The normalized spacial score (nSPS) is 29.2. The summed E-state index contributed by atoms with van der Waals surface area (Å²) in [7, 11) is 0. The van der Waals surface area contributed by atoms with Gasteiger partial charge in [-0.1, -0.05) is 30.3 Å². The van der Waals surface area contributed by atoms with Crippen molar-refractivity contribution in [3.05, 3.63) is 41.7 Å². The second kappa shape index (κ2) is 5.75. The quantitative estimate of drug-likeness (QED) is 0.857. The summed E-state index contributed by atoms with van der Waals surface area (Å²) in [6.07, 6.45) is 3.50. The van der Waals surface area contributed by atoms with E-state index in [-0.39, 0.29) is 6.04 Å². The lowest BCUT2D eigenvalue weighted by molar-refractivity contribution is -0.120. The molecule has 0 aromatic heterocycles. The maximum atomic E-state index is 13.9. The van der Waals surface area contributed by atoms with E-state index in [1.165, 1.54) is 6.08 Å². The number of rotatable bonds is 3. The van der Waals surface area contributed by atoms with Gasteiger partial charge in [-0.2, -0.15) is 0 Å². The topological polar surface area (TPSA) is 32.3 Å². The molecule has 0 spiro atoms. The Balaban J connectivity index is 1.63. The molecule has 3 aliphatic heterocycles. The monoisotopic (exact) mass is 274 g/mol. The van der Waals surface area contributed by atoms with Crippen LogP contribution in [0.1, 0.15) is 18.4 Å². The van der Waals surface area contributed by atoms with Gasteiger partial charge < -0.3 is 10.2 Å². The van der Waals surface area contributed by atoms with E-state index >= 15 is 0 Å². The van der Waals surface area contributed by atoms with E-state index in [1.54, 1.807) is 12.1 Å². The van der Waals surface area contributed by atoms with Crippen LogP contribution in [0, 0.1) is 5.92 Å². The number of nitrogens with one attached hydrogen (secondary N) is 1. The Morgan fingerprint density at radius 3 is 2.55 bits per heavy atom. The van der Waals surface area contributed by atoms with Crippen molar-refractivity contribution in [2.24, 2.45) is 5.92 Å². The summed E-state index contributed by atoms with van der Waals surface area (Å²) in [5.41, 5.74) is 0.703. The van der Waals surface area contributed by atoms with Crippen molar-refractivity contribution in [1.29, 1.82) is 0 Å². The first-order valence-electron chi connectivity index (χ1n) is 7.18. The molecule has 4 heteroatoms. The molecule has 0 aliphatic carbocycles. The van der Waals surface area contributed by atoms with Crippen LogP contribution in [-0.2, 0) is 4.79 Å². The van der Waals surface area contributed by atoms with E-state index in [2.05, 4.69) is 10.2 Å². The highest BCUT2D eigenvalue weighted by molar-refractivity contribution is 5.95. The van der Waals surface area contributed by atoms with Gasteiger partial charge in [-0.15, -0.1) is 0 Å². The van der Waals surface area contributed by atoms with Crippen molar-refractivity contribution in [2.75, 3.05) is 19.6 Å². The molecule has 3 fully saturated rings. The fourth-order valence-electron chi connectivity index (χ4n) is 3.13. The van der Waals surface area contributed by atoms with Crippen molar-refractivity contribution < 1.29 is 9.18 Å². The van der Waals surface area contributed by atoms with Gasteiger partial charge in [-0.25, -0.2) is 4.39 Å². The Kier molecular flexibility index (Phi) is 3.83. The second-order valence-electron chi connectivity index (χ2n) is 5.62. The maximum Gasteiger partial charge on any atom is 0.280 e. The summed E-state index contributed by atoms with van der Waals surface area (Å²) >= 11 is 0. The summed E-state index contributed by atoms with van der Waals surface area (Å²) in [4.78, 5) is 14.3. The number of nitrogens with zero attached hydrogens (tertiary/aromatic N) is 1. The molecule has 1 aromatic rings. The zero-order valence-corrected chi connectivity index (χ0v) is 11.4.